The average molecular weight is 183 g/mol. The van der Waals surface area contributed by atoms with Crippen LogP contribution in [-0.4, -0.2) is 25.3 Å². The Balaban J connectivity index is 1.64. The third-order valence-corrected chi connectivity index (χ3v) is 3.26. The Bertz CT molecular complexity index is 150. The van der Waals surface area contributed by atoms with Crippen LogP contribution in [0.2, 0.25) is 0 Å². The van der Waals surface area contributed by atoms with Gasteiger partial charge in [0.1, 0.15) is 0 Å². The third kappa shape index (κ3) is 2.68. The van der Waals surface area contributed by atoms with Gasteiger partial charge < -0.3 is 10.1 Å². The molecular weight excluding hydrogens is 162 g/mol. The number of hydrogen-bond acceptors (Lipinski definition) is 2. The normalized spacial score (nSPS) is 30.7. The second-order valence-corrected chi connectivity index (χ2v) is 4.40. The summed E-state index contributed by atoms with van der Waals surface area (Å²) in [5, 5.41) is 3.65. The molecule has 2 unspecified atom stereocenters. The summed E-state index contributed by atoms with van der Waals surface area (Å²) in [5.41, 5.74) is 0. The molecule has 0 bridgehead atoms. The highest BCUT2D eigenvalue weighted by Gasteiger charge is 2.30. The third-order valence-electron chi connectivity index (χ3n) is 3.26. The second-order valence-electron chi connectivity index (χ2n) is 4.40. The molecule has 1 aliphatic heterocycles. The number of nitrogens with one attached hydrogen (secondary N) is 1. The van der Waals surface area contributed by atoms with E-state index in [1.807, 2.05) is 0 Å². The Morgan fingerprint density at radius 1 is 1.38 bits per heavy atom. The molecule has 2 heteroatoms. The summed E-state index contributed by atoms with van der Waals surface area (Å²) in [4.78, 5) is 0. The van der Waals surface area contributed by atoms with Gasteiger partial charge in [0.15, 0.2) is 0 Å². The van der Waals surface area contributed by atoms with Crippen LogP contribution in [0.25, 0.3) is 0 Å². The lowest BCUT2D eigenvalue weighted by atomic mass is 10.1. The highest BCUT2D eigenvalue weighted by Crippen LogP contribution is 2.33. The maximum atomic E-state index is 5.59. The van der Waals surface area contributed by atoms with Gasteiger partial charge in [-0.2, -0.15) is 0 Å². The van der Waals surface area contributed by atoms with E-state index in [1.165, 1.54) is 32.1 Å². The standard InChI is InChI=1S/C11H21NO/c1-2-11(9-5-6-9)12-8-10-4-3-7-13-10/h9-12H,2-8H2,1H3. The quantitative estimate of drug-likeness (QED) is 0.703. The summed E-state index contributed by atoms with van der Waals surface area (Å²) >= 11 is 0. The second kappa shape index (κ2) is 4.43. The fraction of sp³-hybridized carbons (Fsp3) is 1.00. The molecule has 1 N–H and O–H groups in total. The van der Waals surface area contributed by atoms with E-state index in [0.717, 1.165) is 25.1 Å². The molecule has 1 heterocycles. The van der Waals surface area contributed by atoms with Crippen molar-refractivity contribution < 1.29 is 4.74 Å². The minimum absolute atomic E-state index is 0.507. The molecule has 0 aromatic carbocycles. The molecule has 1 saturated carbocycles. The van der Waals surface area contributed by atoms with Gasteiger partial charge in [0, 0.05) is 19.2 Å². The zero-order chi connectivity index (χ0) is 9.10. The van der Waals surface area contributed by atoms with E-state index in [2.05, 4.69) is 12.2 Å². The van der Waals surface area contributed by atoms with Crippen LogP contribution in [0.3, 0.4) is 0 Å². The number of hydrogen-bond donors (Lipinski definition) is 1. The number of ether oxygens (including phenoxy) is 1. The lowest BCUT2D eigenvalue weighted by Crippen LogP contribution is -2.36. The molecule has 2 fully saturated rings. The molecule has 0 aromatic rings. The van der Waals surface area contributed by atoms with Crippen molar-refractivity contribution in [3.63, 3.8) is 0 Å². The van der Waals surface area contributed by atoms with Crippen molar-refractivity contribution in [3.05, 3.63) is 0 Å². The van der Waals surface area contributed by atoms with E-state index in [1.54, 1.807) is 0 Å². The van der Waals surface area contributed by atoms with E-state index in [0.29, 0.717) is 6.10 Å². The first-order chi connectivity index (χ1) is 6.40. The van der Waals surface area contributed by atoms with Gasteiger partial charge in [0.2, 0.25) is 0 Å². The van der Waals surface area contributed by atoms with Crippen molar-refractivity contribution >= 4 is 0 Å². The van der Waals surface area contributed by atoms with Gasteiger partial charge >= 0.3 is 0 Å². The molecule has 0 aromatic heterocycles. The molecule has 2 rings (SSSR count). The first-order valence-corrected chi connectivity index (χ1v) is 5.75. The molecule has 2 nitrogen and oxygen atoms in total. The molecule has 76 valence electrons. The molecule has 2 aliphatic rings. The summed E-state index contributed by atoms with van der Waals surface area (Å²) < 4.78 is 5.59. The summed E-state index contributed by atoms with van der Waals surface area (Å²) in [6.07, 6.45) is 7.18. The summed E-state index contributed by atoms with van der Waals surface area (Å²) in [7, 11) is 0. The van der Waals surface area contributed by atoms with Crippen molar-refractivity contribution in [1.82, 2.24) is 5.32 Å². The smallest absolute Gasteiger partial charge is 0.0700 e. The SMILES string of the molecule is CCC(NCC1CCCO1)C1CC1. The van der Waals surface area contributed by atoms with Gasteiger partial charge in [-0.3, -0.25) is 0 Å². The van der Waals surface area contributed by atoms with E-state index in [4.69, 9.17) is 4.74 Å². The monoisotopic (exact) mass is 183 g/mol. The van der Waals surface area contributed by atoms with Crippen molar-refractivity contribution in [2.75, 3.05) is 13.2 Å². The van der Waals surface area contributed by atoms with Gasteiger partial charge in [0.25, 0.3) is 0 Å². The van der Waals surface area contributed by atoms with Crippen LogP contribution in [0.5, 0.6) is 0 Å². The molecule has 0 spiro atoms. The highest BCUT2D eigenvalue weighted by atomic mass is 16.5. The summed E-state index contributed by atoms with van der Waals surface area (Å²) in [6.45, 7) is 4.34. The Morgan fingerprint density at radius 3 is 2.77 bits per heavy atom. The minimum atomic E-state index is 0.507. The molecule has 0 radical (unpaired) electrons. The van der Waals surface area contributed by atoms with E-state index < -0.39 is 0 Å². The predicted octanol–water partition coefficient (Wildman–Crippen LogP) is 1.94. The molecular formula is C11H21NO. The van der Waals surface area contributed by atoms with Gasteiger partial charge in [-0.25, -0.2) is 0 Å². The fourth-order valence-corrected chi connectivity index (χ4v) is 2.23. The average Bonchev–Trinajstić information content (AvgIpc) is 2.84. The van der Waals surface area contributed by atoms with Crippen LogP contribution < -0.4 is 5.32 Å². The van der Waals surface area contributed by atoms with E-state index in [-0.39, 0.29) is 0 Å². The minimum Gasteiger partial charge on any atom is -0.377 e. The Hall–Kier alpha value is -0.0800. The maximum Gasteiger partial charge on any atom is 0.0700 e. The predicted molar refractivity (Wildman–Crippen MR) is 53.8 cm³/mol. The first-order valence-electron chi connectivity index (χ1n) is 5.75. The summed E-state index contributed by atoms with van der Waals surface area (Å²) in [6, 6.07) is 0.768. The van der Waals surface area contributed by atoms with Gasteiger partial charge in [0.05, 0.1) is 6.10 Å². The number of rotatable bonds is 5. The Morgan fingerprint density at radius 2 is 2.23 bits per heavy atom. The molecule has 13 heavy (non-hydrogen) atoms. The molecule has 0 amide bonds. The van der Waals surface area contributed by atoms with Crippen molar-refractivity contribution in [2.45, 2.75) is 51.2 Å². The van der Waals surface area contributed by atoms with Crippen LogP contribution in [0, 0.1) is 5.92 Å². The zero-order valence-electron chi connectivity index (χ0n) is 8.59. The van der Waals surface area contributed by atoms with E-state index >= 15 is 0 Å². The van der Waals surface area contributed by atoms with Gasteiger partial charge in [-0.15, -0.1) is 0 Å². The van der Waals surface area contributed by atoms with Crippen molar-refractivity contribution in [3.8, 4) is 0 Å². The van der Waals surface area contributed by atoms with Crippen LogP contribution in [0.4, 0.5) is 0 Å². The summed E-state index contributed by atoms with van der Waals surface area (Å²) in [5.74, 6) is 0.978. The van der Waals surface area contributed by atoms with Gasteiger partial charge in [-0.1, -0.05) is 6.92 Å². The maximum absolute atomic E-state index is 5.59. The van der Waals surface area contributed by atoms with E-state index in [9.17, 15) is 0 Å². The fourth-order valence-electron chi connectivity index (χ4n) is 2.23. The first kappa shape index (κ1) is 9.47. The van der Waals surface area contributed by atoms with Crippen LogP contribution >= 0.6 is 0 Å². The van der Waals surface area contributed by atoms with Crippen molar-refractivity contribution in [1.29, 1.82) is 0 Å². The molecule has 1 saturated heterocycles. The zero-order valence-corrected chi connectivity index (χ0v) is 8.59. The van der Waals surface area contributed by atoms with Crippen LogP contribution in [0.15, 0.2) is 0 Å². The lowest BCUT2D eigenvalue weighted by Gasteiger charge is -2.18. The van der Waals surface area contributed by atoms with Crippen LogP contribution in [0.1, 0.15) is 39.0 Å². The van der Waals surface area contributed by atoms with Crippen LogP contribution in [-0.2, 0) is 4.74 Å². The molecule has 2 atom stereocenters. The highest BCUT2D eigenvalue weighted by molar-refractivity contribution is 4.86. The molecule has 1 aliphatic carbocycles. The largest absolute Gasteiger partial charge is 0.377 e. The van der Waals surface area contributed by atoms with Gasteiger partial charge in [-0.05, 0) is 38.0 Å². The Kier molecular flexibility index (Phi) is 3.23. The topological polar surface area (TPSA) is 21.3 Å². The Labute approximate surface area is 81.0 Å². The van der Waals surface area contributed by atoms with Crippen molar-refractivity contribution in [2.24, 2.45) is 5.92 Å². The lowest BCUT2D eigenvalue weighted by molar-refractivity contribution is 0.106.